The summed E-state index contributed by atoms with van der Waals surface area (Å²) in [5, 5.41) is 3.00. The molecule has 94 valence electrons. The Morgan fingerprint density at radius 3 is 2.47 bits per heavy atom. The number of hydrogen-bond acceptors (Lipinski definition) is 1. The Hall–Kier alpha value is -0.640. The first kappa shape index (κ1) is 12.8. The minimum absolute atomic E-state index is 0.00676. The molecule has 0 heterocycles. The molecule has 1 aromatic rings. The highest BCUT2D eigenvalue weighted by Gasteiger charge is 2.21. The third kappa shape index (κ3) is 3.18. The fraction of sp³-hybridized carbons (Fsp3) is 0.538. The molecule has 0 radical (unpaired) electrons. The number of hydrogen-bond donors (Lipinski definition) is 1. The molecule has 0 saturated heterocycles. The van der Waals surface area contributed by atoms with Crippen molar-refractivity contribution in [3.8, 4) is 0 Å². The molecule has 0 spiro atoms. The Kier molecular flexibility index (Phi) is 4.02. The highest BCUT2D eigenvalue weighted by Crippen LogP contribution is 2.29. The molecule has 1 N–H and O–H groups in total. The lowest BCUT2D eigenvalue weighted by Gasteiger charge is -2.28. The van der Waals surface area contributed by atoms with E-state index < -0.39 is 11.6 Å². The third-order valence-electron chi connectivity index (χ3n) is 3.29. The van der Waals surface area contributed by atoms with E-state index in [9.17, 15) is 8.78 Å². The van der Waals surface area contributed by atoms with Gasteiger partial charge < -0.3 is 5.32 Å². The van der Waals surface area contributed by atoms with Crippen molar-refractivity contribution in [2.75, 3.05) is 5.32 Å². The molecule has 0 aliphatic heterocycles. The smallest absolute Gasteiger partial charge is 0.150 e. The van der Waals surface area contributed by atoms with Gasteiger partial charge >= 0.3 is 0 Å². The minimum atomic E-state index is -0.532. The SMILES string of the molecule is CC1CCCC(Nc2c(F)cc(Br)cc2F)C1. The molecule has 1 saturated carbocycles. The predicted octanol–water partition coefficient (Wildman–Crippen LogP) is 4.72. The molecule has 2 atom stereocenters. The number of anilines is 1. The fourth-order valence-electron chi connectivity index (χ4n) is 2.45. The van der Waals surface area contributed by atoms with Gasteiger partial charge in [-0.15, -0.1) is 0 Å². The van der Waals surface area contributed by atoms with E-state index >= 15 is 0 Å². The van der Waals surface area contributed by atoms with Crippen molar-refractivity contribution in [2.45, 2.75) is 38.6 Å². The van der Waals surface area contributed by atoms with Gasteiger partial charge in [0.15, 0.2) is 0 Å². The van der Waals surface area contributed by atoms with Gasteiger partial charge in [0, 0.05) is 10.5 Å². The molecular formula is C13H16BrF2N. The predicted molar refractivity (Wildman–Crippen MR) is 69.1 cm³/mol. The molecule has 4 heteroatoms. The average Bonchev–Trinajstić information content (AvgIpc) is 2.23. The van der Waals surface area contributed by atoms with Crippen LogP contribution >= 0.6 is 15.9 Å². The van der Waals surface area contributed by atoms with Crippen molar-refractivity contribution in [3.05, 3.63) is 28.2 Å². The number of rotatable bonds is 2. The van der Waals surface area contributed by atoms with E-state index in [0.29, 0.717) is 10.4 Å². The monoisotopic (exact) mass is 303 g/mol. The van der Waals surface area contributed by atoms with Crippen molar-refractivity contribution in [3.63, 3.8) is 0 Å². The van der Waals surface area contributed by atoms with Crippen molar-refractivity contribution in [1.82, 2.24) is 0 Å². The van der Waals surface area contributed by atoms with Gasteiger partial charge in [-0.2, -0.15) is 0 Å². The summed E-state index contributed by atoms with van der Waals surface area (Å²) in [4.78, 5) is 0. The molecule has 2 unspecified atom stereocenters. The van der Waals surface area contributed by atoms with Crippen LogP contribution in [-0.4, -0.2) is 6.04 Å². The lowest BCUT2D eigenvalue weighted by Crippen LogP contribution is -2.27. The number of nitrogens with one attached hydrogen (secondary N) is 1. The van der Waals surface area contributed by atoms with Crippen LogP contribution in [-0.2, 0) is 0 Å². The summed E-state index contributed by atoms with van der Waals surface area (Å²) in [6.07, 6.45) is 4.30. The summed E-state index contributed by atoms with van der Waals surface area (Å²) >= 11 is 3.07. The molecule has 0 aromatic heterocycles. The zero-order chi connectivity index (χ0) is 12.4. The van der Waals surface area contributed by atoms with Gasteiger partial charge in [0.05, 0.1) is 0 Å². The maximum Gasteiger partial charge on any atom is 0.150 e. The Morgan fingerprint density at radius 1 is 1.24 bits per heavy atom. The van der Waals surface area contributed by atoms with Gasteiger partial charge in [-0.05, 0) is 30.9 Å². The highest BCUT2D eigenvalue weighted by molar-refractivity contribution is 9.10. The summed E-state index contributed by atoms with van der Waals surface area (Å²) in [5.41, 5.74) is 0.00676. The maximum absolute atomic E-state index is 13.6. The normalized spacial score (nSPS) is 24.7. The molecule has 1 aliphatic carbocycles. The lowest BCUT2D eigenvalue weighted by molar-refractivity contribution is 0.357. The van der Waals surface area contributed by atoms with E-state index in [-0.39, 0.29) is 11.7 Å². The topological polar surface area (TPSA) is 12.0 Å². The fourth-order valence-corrected chi connectivity index (χ4v) is 2.85. The van der Waals surface area contributed by atoms with Gasteiger partial charge in [0.1, 0.15) is 17.3 Å². The number of benzene rings is 1. The standard InChI is InChI=1S/C13H16BrF2N/c1-8-3-2-4-10(5-8)17-13-11(15)6-9(14)7-12(13)16/h6-8,10,17H,2-5H2,1H3. The van der Waals surface area contributed by atoms with Crippen molar-refractivity contribution in [2.24, 2.45) is 5.92 Å². The summed E-state index contributed by atoms with van der Waals surface area (Å²) in [6, 6.07) is 2.76. The van der Waals surface area contributed by atoms with Gasteiger partial charge in [-0.1, -0.05) is 35.7 Å². The van der Waals surface area contributed by atoms with E-state index in [4.69, 9.17) is 0 Å². The van der Waals surface area contributed by atoms with Crippen LogP contribution in [0.15, 0.2) is 16.6 Å². The second-order valence-electron chi connectivity index (χ2n) is 4.86. The lowest BCUT2D eigenvalue weighted by atomic mass is 9.87. The maximum atomic E-state index is 13.6. The van der Waals surface area contributed by atoms with E-state index in [1.165, 1.54) is 18.6 Å². The van der Waals surface area contributed by atoms with Gasteiger partial charge in [0.25, 0.3) is 0 Å². The van der Waals surface area contributed by atoms with Crippen molar-refractivity contribution < 1.29 is 8.78 Å². The Labute approximate surface area is 109 Å². The van der Waals surface area contributed by atoms with Crippen LogP contribution in [0.2, 0.25) is 0 Å². The number of halogens is 3. The quantitative estimate of drug-likeness (QED) is 0.834. The van der Waals surface area contributed by atoms with Gasteiger partial charge in [-0.25, -0.2) is 8.78 Å². The van der Waals surface area contributed by atoms with E-state index in [0.717, 1.165) is 19.3 Å². The van der Waals surface area contributed by atoms with Crippen molar-refractivity contribution in [1.29, 1.82) is 0 Å². The third-order valence-corrected chi connectivity index (χ3v) is 3.75. The van der Waals surface area contributed by atoms with E-state index in [1.807, 2.05) is 0 Å². The molecule has 0 bridgehead atoms. The minimum Gasteiger partial charge on any atom is -0.378 e. The summed E-state index contributed by atoms with van der Waals surface area (Å²) in [7, 11) is 0. The first-order valence-corrected chi connectivity index (χ1v) is 6.76. The highest BCUT2D eigenvalue weighted by atomic mass is 79.9. The summed E-state index contributed by atoms with van der Waals surface area (Å²) < 4.78 is 27.7. The van der Waals surface area contributed by atoms with E-state index in [2.05, 4.69) is 28.2 Å². The molecule has 1 aromatic carbocycles. The van der Waals surface area contributed by atoms with E-state index in [1.54, 1.807) is 0 Å². The molecule has 1 nitrogen and oxygen atoms in total. The zero-order valence-corrected chi connectivity index (χ0v) is 11.4. The molecule has 1 fully saturated rings. The molecule has 17 heavy (non-hydrogen) atoms. The summed E-state index contributed by atoms with van der Waals surface area (Å²) in [5.74, 6) is -0.437. The van der Waals surface area contributed by atoms with Crippen LogP contribution in [0, 0.1) is 17.6 Å². The van der Waals surface area contributed by atoms with Crippen LogP contribution in [0.3, 0.4) is 0 Å². The Morgan fingerprint density at radius 2 is 1.88 bits per heavy atom. The zero-order valence-electron chi connectivity index (χ0n) is 9.77. The molecule has 1 aliphatic rings. The Balaban J connectivity index is 2.12. The Bertz CT molecular complexity index is 385. The second kappa shape index (κ2) is 5.34. The molecule has 2 rings (SSSR count). The van der Waals surface area contributed by atoms with Gasteiger partial charge in [-0.3, -0.25) is 0 Å². The van der Waals surface area contributed by atoms with Crippen LogP contribution in [0.25, 0.3) is 0 Å². The summed E-state index contributed by atoms with van der Waals surface area (Å²) in [6.45, 7) is 2.18. The van der Waals surface area contributed by atoms with Gasteiger partial charge in [0.2, 0.25) is 0 Å². The van der Waals surface area contributed by atoms with Crippen molar-refractivity contribution >= 4 is 21.6 Å². The first-order valence-electron chi connectivity index (χ1n) is 5.97. The largest absolute Gasteiger partial charge is 0.378 e. The second-order valence-corrected chi connectivity index (χ2v) is 5.77. The van der Waals surface area contributed by atoms with Crippen LogP contribution in [0.5, 0.6) is 0 Å². The molecular weight excluding hydrogens is 288 g/mol. The van der Waals surface area contributed by atoms with Crippen LogP contribution in [0.1, 0.15) is 32.6 Å². The molecule has 0 amide bonds. The van der Waals surface area contributed by atoms with Crippen LogP contribution < -0.4 is 5.32 Å². The van der Waals surface area contributed by atoms with Crippen LogP contribution in [0.4, 0.5) is 14.5 Å². The first-order chi connectivity index (χ1) is 8.06. The average molecular weight is 304 g/mol.